The molecule has 0 spiro atoms. The molecule has 1 unspecified atom stereocenters. The molecule has 0 aromatic rings. The molecule has 0 fully saturated rings. The highest BCUT2D eigenvalue weighted by Gasteiger charge is 2.13. The highest BCUT2D eigenvalue weighted by Crippen LogP contribution is 2.12. The van der Waals surface area contributed by atoms with E-state index in [9.17, 15) is 4.79 Å². The molecule has 1 nitrogen and oxygen atoms in total. The van der Waals surface area contributed by atoms with Crippen molar-refractivity contribution in [2.75, 3.05) is 0 Å². The number of ketones is 1. The number of hydrogen-bond acceptors (Lipinski definition) is 1. The van der Waals surface area contributed by atoms with Crippen molar-refractivity contribution in [3.8, 4) is 0 Å². The first-order valence-electron chi connectivity index (χ1n) is 4.38. The summed E-state index contributed by atoms with van der Waals surface area (Å²) in [4.78, 5) is 11.5. The van der Waals surface area contributed by atoms with Crippen LogP contribution in [0.1, 0.15) is 26.7 Å². The van der Waals surface area contributed by atoms with E-state index < -0.39 is 0 Å². The summed E-state index contributed by atoms with van der Waals surface area (Å²) in [7, 11) is 0. The molecule has 0 amide bonds. The summed E-state index contributed by atoms with van der Waals surface area (Å²) in [6.45, 7) is 11.3. The van der Waals surface area contributed by atoms with E-state index in [-0.39, 0.29) is 11.7 Å². The van der Waals surface area contributed by atoms with E-state index in [0.29, 0.717) is 12.3 Å². The van der Waals surface area contributed by atoms with Crippen LogP contribution in [-0.2, 0) is 4.79 Å². The maximum Gasteiger partial charge on any atom is 0.140 e. The molecule has 68 valence electrons. The van der Waals surface area contributed by atoms with E-state index in [1.54, 1.807) is 12.2 Å². The fourth-order valence-electron chi connectivity index (χ4n) is 1.09. The summed E-state index contributed by atoms with van der Waals surface area (Å²) >= 11 is 0. The Morgan fingerprint density at radius 2 is 2.00 bits per heavy atom. The van der Waals surface area contributed by atoms with Crippen LogP contribution in [0.5, 0.6) is 0 Å². The van der Waals surface area contributed by atoms with Crippen LogP contribution >= 0.6 is 0 Å². The lowest BCUT2D eigenvalue weighted by molar-refractivity contribution is -0.122. The lowest BCUT2D eigenvalue weighted by Gasteiger charge is -2.10. The highest BCUT2D eigenvalue weighted by atomic mass is 16.1. The first-order chi connectivity index (χ1) is 5.61. The van der Waals surface area contributed by atoms with Crippen molar-refractivity contribution < 1.29 is 4.79 Å². The largest absolute Gasteiger partial charge is 0.299 e. The van der Waals surface area contributed by atoms with Gasteiger partial charge in [-0.05, 0) is 12.3 Å². The Morgan fingerprint density at radius 1 is 1.42 bits per heavy atom. The Balaban J connectivity index is 4.02. The van der Waals surface area contributed by atoms with Crippen molar-refractivity contribution in [2.45, 2.75) is 26.7 Å². The second-order valence-corrected chi connectivity index (χ2v) is 3.43. The molecule has 0 N–H and O–H groups in total. The number of allylic oxidation sites excluding steroid dienone is 2. The number of hydrogen-bond donors (Lipinski definition) is 0. The van der Waals surface area contributed by atoms with Crippen LogP contribution in [0.4, 0.5) is 0 Å². The number of rotatable bonds is 6. The molecule has 0 bridgehead atoms. The van der Waals surface area contributed by atoms with Crippen LogP contribution in [0.25, 0.3) is 0 Å². The maximum absolute atomic E-state index is 11.5. The summed E-state index contributed by atoms with van der Waals surface area (Å²) in [6, 6.07) is 0. The monoisotopic (exact) mass is 166 g/mol. The summed E-state index contributed by atoms with van der Waals surface area (Å²) < 4.78 is 0. The molecule has 0 heterocycles. The molecule has 12 heavy (non-hydrogen) atoms. The molecule has 1 atom stereocenters. The lowest BCUT2D eigenvalue weighted by atomic mass is 9.94. The Bertz CT molecular complexity index is 168. The minimum absolute atomic E-state index is 0.0232. The van der Waals surface area contributed by atoms with Gasteiger partial charge in [0.1, 0.15) is 5.78 Å². The molecule has 0 rings (SSSR count). The Kier molecular flexibility index (Phi) is 5.35. The predicted octanol–water partition coefficient (Wildman–Crippen LogP) is 2.98. The predicted molar refractivity (Wildman–Crippen MR) is 53.0 cm³/mol. The van der Waals surface area contributed by atoms with Gasteiger partial charge in [-0.3, -0.25) is 4.79 Å². The molecule has 0 aromatic carbocycles. The van der Waals surface area contributed by atoms with E-state index in [2.05, 4.69) is 13.2 Å². The van der Waals surface area contributed by atoms with Gasteiger partial charge in [0.05, 0.1) is 0 Å². The summed E-state index contributed by atoms with van der Waals surface area (Å²) in [6.07, 6.45) is 4.84. The van der Waals surface area contributed by atoms with Crippen molar-refractivity contribution in [1.29, 1.82) is 0 Å². The van der Waals surface area contributed by atoms with Gasteiger partial charge in [-0.1, -0.05) is 26.0 Å². The van der Waals surface area contributed by atoms with Gasteiger partial charge in [0.2, 0.25) is 0 Å². The second-order valence-electron chi connectivity index (χ2n) is 3.43. The Labute approximate surface area is 75.2 Å². The van der Waals surface area contributed by atoms with E-state index >= 15 is 0 Å². The molecule has 0 radical (unpaired) electrons. The van der Waals surface area contributed by atoms with Crippen LogP contribution < -0.4 is 0 Å². The van der Waals surface area contributed by atoms with Gasteiger partial charge in [-0.15, -0.1) is 13.2 Å². The topological polar surface area (TPSA) is 17.1 Å². The zero-order chi connectivity index (χ0) is 9.56. The van der Waals surface area contributed by atoms with E-state index in [1.807, 2.05) is 13.8 Å². The van der Waals surface area contributed by atoms with Crippen molar-refractivity contribution >= 4 is 5.78 Å². The van der Waals surface area contributed by atoms with Crippen molar-refractivity contribution in [1.82, 2.24) is 0 Å². The van der Waals surface area contributed by atoms with Gasteiger partial charge in [-0.2, -0.15) is 0 Å². The quantitative estimate of drug-likeness (QED) is 0.554. The van der Waals surface area contributed by atoms with Gasteiger partial charge < -0.3 is 0 Å². The Morgan fingerprint density at radius 3 is 2.33 bits per heavy atom. The third-order valence-electron chi connectivity index (χ3n) is 1.73. The van der Waals surface area contributed by atoms with E-state index in [0.717, 1.165) is 6.42 Å². The average Bonchev–Trinajstić information content (AvgIpc) is 1.98. The number of carbonyl (C=O) groups is 1. The fraction of sp³-hybridized carbons (Fsp3) is 0.545. The Hall–Kier alpha value is -0.850. The van der Waals surface area contributed by atoms with Crippen molar-refractivity contribution in [3.63, 3.8) is 0 Å². The highest BCUT2D eigenvalue weighted by molar-refractivity contribution is 5.82. The molecule has 0 aromatic heterocycles. The average molecular weight is 166 g/mol. The van der Waals surface area contributed by atoms with Gasteiger partial charge in [0, 0.05) is 12.3 Å². The summed E-state index contributed by atoms with van der Waals surface area (Å²) in [5, 5.41) is 0. The first kappa shape index (κ1) is 11.2. The molecule has 0 saturated carbocycles. The van der Waals surface area contributed by atoms with Crippen LogP contribution in [0.3, 0.4) is 0 Å². The van der Waals surface area contributed by atoms with E-state index in [4.69, 9.17) is 0 Å². The van der Waals surface area contributed by atoms with Gasteiger partial charge >= 0.3 is 0 Å². The second kappa shape index (κ2) is 5.76. The summed E-state index contributed by atoms with van der Waals surface area (Å²) in [5.41, 5.74) is 0. The fourth-order valence-corrected chi connectivity index (χ4v) is 1.09. The lowest BCUT2D eigenvalue weighted by Crippen LogP contribution is -2.13. The smallest absolute Gasteiger partial charge is 0.140 e. The molecule has 0 saturated heterocycles. The van der Waals surface area contributed by atoms with Crippen LogP contribution in [-0.4, -0.2) is 5.78 Å². The van der Waals surface area contributed by atoms with Gasteiger partial charge in [-0.25, -0.2) is 0 Å². The van der Waals surface area contributed by atoms with Crippen LogP contribution in [0.15, 0.2) is 25.3 Å². The minimum Gasteiger partial charge on any atom is -0.299 e. The third-order valence-corrected chi connectivity index (χ3v) is 1.73. The van der Waals surface area contributed by atoms with Gasteiger partial charge in [0.15, 0.2) is 0 Å². The molecular formula is C11H18O. The molecule has 1 heteroatoms. The third kappa shape index (κ3) is 4.12. The molecule has 0 aliphatic carbocycles. The minimum atomic E-state index is -0.0232. The maximum atomic E-state index is 11.5. The first-order valence-corrected chi connectivity index (χ1v) is 4.38. The summed E-state index contributed by atoms with van der Waals surface area (Å²) in [5.74, 6) is 0.689. The van der Waals surface area contributed by atoms with Crippen LogP contribution in [0.2, 0.25) is 0 Å². The standard InChI is InChI=1S/C11H18O/c1-5-7-10(6-2)11(12)8-9(3)4/h5-6,9-10H,1-2,7-8H2,3-4H3. The molecular weight excluding hydrogens is 148 g/mol. The van der Waals surface area contributed by atoms with Crippen LogP contribution in [0, 0.1) is 11.8 Å². The molecule has 0 aliphatic heterocycles. The van der Waals surface area contributed by atoms with Gasteiger partial charge in [0.25, 0.3) is 0 Å². The van der Waals surface area contributed by atoms with E-state index in [1.165, 1.54) is 0 Å². The normalized spacial score (nSPS) is 12.6. The van der Waals surface area contributed by atoms with Crippen molar-refractivity contribution in [2.24, 2.45) is 11.8 Å². The molecule has 0 aliphatic rings. The SMILES string of the molecule is C=CCC(C=C)C(=O)CC(C)C. The number of Topliss-reactive ketones (excluding diaryl/α,β-unsaturated/α-hetero) is 1. The van der Waals surface area contributed by atoms with Crippen molar-refractivity contribution in [3.05, 3.63) is 25.3 Å². The zero-order valence-corrected chi connectivity index (χ0v) is 8.05. The zero-order valence-electron chi connectivity index (χ0n) is 8.05. The number of carbonyl (C=O) groups excluding carboxylic acids is 1.